The molecule has 1 heterocycles. The van der Waals surface area contributed by atoms with Crippen LogP contribution < -0.4 is 9.47 Å². The summed E-state index contributed by atoms with van der Waals surface area (Å²) in [6, 6.07) is 8.60. The molecule has 9 nitrogen and oxygen atoms in total. The molecule has 2 aromatic rings. The average molecular weight is 431 g/mol. The van der Waals surface area contributed by atoms with Crippen LogP contribution in [0.1, 0.15) is 25.0 Å². The van der Waals surface area contributed by atoms with Crippen molar-refractivity contribution in [3.63, 3.8) is 0 Å². The van der Waals surface area contributed by atoms with Crippen LogP contribution in [0.15, 0.2) is 47.1 Å². The van der Waals surface area contributed by atoms with Gasteiger partial charge in [-0.15, -0.1) is 0 Å². The molecule has 10 heteroatoms. The molecule has 2 aromatic carbocycles. The predicted molar refractivity (Wildman–Crippen MR) is 108 cm³/mol. The van der Waals surface area contributed by atoms with Crippen molar-refractivity contribution in [3.05, 3.63) is 68.4 Å². The number of nitro benzene ring substituents is 1. The number of cyclic esters (lactones) is 1. The molecule has 0 saturated heterocycles. The van der Waals surface area contributed by atoms with Gasteiger partial charge in [0.15, 0.2) is 17.2 Å². The molecule has 0 amide bonds. The Morgan fingerprint density at radius 1 is 1.33 bits per heavy atom. The van der Waals surface area contributed by atoms with Gasteiger partial charge in [0, 0.05) is 24.6 Å². The largest absolute Gasteiger partial charge is 0.490 e. The second-order valence-corrected chi connectivity index (χ2v) is 6.41. The van der Waals surface area contributed by atoms with Gasteiger partial charge in [-0.1, -0.05) is 17.7 Å². The normalized spacial score (nSPS) is 14.3. The highest BCUT2D eigenvalue weighted by Gasteiger charge is 2.25. The topological polar surface area (TPSA) is 117 Å². The molecule has 0 radical (unpaired) electrons. The molecule has 0 atom stereocenters. The predicted octanol–water partition coefficient (Wildman–Crippen LogP) is 3.92. The maximum Gasteiger partial charge on any atom is 0.363 e. The lowest BCUT2D eigenvalue weighted by molar-refractivity contribution is -0.384. The first-order valence-electron chi connectivity index (χ1n) is 8.70. The fourth-order valence-corrected chi connectivity index (χ4v) is 2.88. The number of carbonyl (C=O) groups excluding carboxylic acids is 2. The summed E-state index contributed by atoms with van der Waals surface area (Å²) in [6.07, 6.45) is 1.42. The zero-order valence-electron chi connectivity index (χ0n) is 15.9. The van der Waals surface area contributed by atoms with Crippen molar-refractivity contribution in [2.75, 3.05) is 6.61 Å². The number of benzene rings is 2. The average Bonchev–Trinajstić information content (AvgIpc) is 3.05. The second kappa shape index (κ2) is 8.75. The van der Waals surface area contributed by atoms with E-state index >= 15 is 0 Å². The zero-order chi connectivity index (χ0) is 21.8. The third-order valence-electron chi connectivity index (χ3n) is 3.81. The Morgan fingerprint density at radius 2 is 2.10 bits per heavy atom. The quantitative estimate of drug-likeness (QED) is 0.224. The number of nitro groups is 1. The van der Waals surface area contributed by atoms with Crippen LogP contribution in [0.2, 0.25) is 5.02 Å². The highest BCUT2D eigenvalue weighted by molar-refractivity contribution is 6.32. The van der Waals surface area contributed by atoms with E-state index in [-0.39, 0.29) is 33.8 Å². The van der Waals surface area contributed by atoms with Crippen LogP contribution >= 0.6 is 11.6 Å². The van der Waals surface area contributed by atoms with Gasteiger partial charge in [0.25, 0.3) is 5.69 Å². The lowest BCUT2D eigenvalue weighted by Gasteiger charge is -2.12. The molecular formula is C20H15ClN2O7. The molecule has 0 unspecified atom stereocenters. The minimum absolute atomic E-state index is 0.0322. The minimum atomic E-state index is -0.727. The van der Waals surface area contributed by atoms with Crippen molar-refractivity contribution >= 4 is 41.2 Å². The highest BCUT2D eigenvalue weighted by atomic mass is 35.5. The van der Waals surface area contributed by atoms with E-state index in [1.165, 1.54) is 43.3 Å². The van der Waals surface area contributed by atoms with Crippen molar-refractivity contribution in [1.29, 1.82) is 0 Å². The van der Waals surface area contributed by atoms with Gasteiger partial charge >= 0.3 is 11.9 Å². The third-order valence-corrected chi connectivity index (χ3v) is 4.09. The number of hydrogen-bond donors (Lipinski definition) is 0. The Bertz CT molecular complexity index is 1110. The van der Waals surface area contributed by atoms with Crippen LogP contribution in [-0.2, 0) is 14.3 Å². The minimum Gasteiger partial charge on any atom is -0.490 e. The molecule has 0 saturated carbocycles. The Kier molecular flexibility index (Phi) is 6.12. The van der Waals surface area contributed by atoms with Gasteiger partial charge in [-0.05, 0) is 36.8 Å². The maximum absolute atomic E-state index is 12.2. The fraction of sp³-hybridized carbons (Fsp3) is 0.150. The monoisotopic (exact) mass is 430 g/mol. The Labute approximate surface area is 175 Å². The van der Waals surface area contributed by atoms with Gasteiger partial charge in [0.1, 0.15) is 0 Å². The van der Waals surface area contributed by atoms with Crippen LogP contribution in [-0.4, -0.2) is 29.4 Å². The molecule has 0 N–H and O–H groups in total. The van der Waals surface area contributed by atoms with Crippen molar-refractivity contribution in [2.45, 2.75) is 13.8 Å². The summed E-state index contributed by atoms with van der Waals surface area (Å²) in [5, 5.41) is 11.0. The lowest BCUT2D eigenvalue weighted by atomic mass is 10.1. The summed E-state index contributed by atoms with van der Waals surface area (Å²) in [5.41, 5.74) is 0.558. The molecule has 1 aliphatic rings. The summed E-state index contributed by atoms with van der Waals surface area (Å²) in [7, 11) is 0. The van der Waals surface area contributed by atoms with Gasteiger partial charge in [-0.25, -0.2) is 9.79 Å². The number of hydrogen-bond acceptors (Lipinski definition) is 8. The van der Waals surface area contributed by atoms with Gasteiger partial charge in [0.2, 0.25) is 5.90 Å². The number of non-ortho nitro benzene ring substituents is 1. The first-order valence-corrected chi connectivity index (χ1v) is 9.08. The van der Waals surface area contributed by atoms with Crippen LogP contribution in [0.4, 0.5) is 5.69 Å². The van der Waals surface area contributed by atoms with E-state index in [0.717, 1.165) is 0 Å². The summed E-state index contributed by atoms with van der Waals surface area (Å²) < 4.78 is 15.7. The number of esters is 2. The van der Waals surface area contributed by atoms with Crippen LogP contribution in [0.25, 0.3) is 6.08 Å². The second-order valence-electron chi connectivity index (χ2n) is 6.00. The number of rotatable bonds is 6. The van der Waals surface area contributed by atoms with Crippen LogP contribution in [0, 0.1) is 10.1 Å². The highest BCUT2D eigenvalue weighted by Crippen LogP contribution is 2.37. The summed E-state index contributed by atoms with van der Waals surface area (Å²) in [5.74, 6) is -1.05. The van der Waals surface area contributed by atoms with E-state index in [9.17, 15) is 19.7 Å². The van der Waals surface area contributed by atoms with E-state index in [1.807, 2.05) is 0 Å². The van der Waals surface area contributed by atoms with Crippen molar-refractivity contribution in [1.82, 2.24) is 0 Å². The maximum atomic E-state index is 12.2. The third kappa shape index (κ3) is 4.64. The summed E-state index contributed by atoms with van der Waals surface area (Å²) in [6.45, 7) is 3.28. The summed E-state index contributed by atoms with van der Waals surface area (Å²) in [4.78, 5) is 38.0. The number of nitrogens with zero attached hydrogens (tertiary/aromatic N) is 2. The smallest absolute Gasteiger partial charge is 0.363 e. The Balaban J connectivity index is 1.98. The lowest BCUT2D eigenvalue weighted by Crippen LogP contribution is -2.06. The molecule has 30 heavy (non-hydrogen) atoms. The Morgan fingerprint density at radius 3 is 2.77 bits per heavy atom. The first kappa shape index (κ1) is 21.0. The fourth-order valence-electron chi connectivity index (χ4n) is 2.62. The van der Waals surface area contributed by atoms with Gasteiger partial charge < -0.3 is 14.2 Å². The molecular weight excluding hydrogens is 416 g/mol. The zero-order valence-corrected chi connectivity index (χ0v) is 16.6. The molecule has 0 aromatic heterocycles. The van der Waals surface area contributed by atoms with Gasteiger partial charge in [-0.3, -0.25) is 14.9 Å². The summed E-state index contributed by atoms with van der Waals surface area (Å²) >= 11 is 6.21. The molecule has 1 aliphatic heterocycles. The molecule has 0 spiro atoms. The standard InChI is InChI=1S/C20H15ClN2O7/c1-3-28-17-9-12(7-15(21)18(17)29-11(2)24)8-16-20(25)30-19(22-16)13-5-4-6-14(10-13)23(26)27/h4-10H,3H2,1-2H3. The molecule has 3 rings (SSSR count). The van der Waals surface area contributed by atoms with Gasteiger partial charge in [-0.2, -0.15) is 0 Å². The van der Waals surface area contributed by atoms with Gasteiger partial charge in [0.05, 0.1) is 16.6 Å². The first-order chi connectivity index (χ1) is 14.3. The number of carbonyl (C=O) groups is 2. The van der Waals surface area contributed by atoms with Crippen LogP contribution in [0.5, 0.6) is 11.5 Å². The van der Waals surface area contributed by atoms with E-state index in [0.29, 0.717) is 17.7 Å². The molecule has 0 bridgehead atoms. The molecule has 0 aliphatic carbocycles. The molecule has 154 valence electrons. The van der Waals surface area contributed by atoms with Crippen LogP contribution in [0.3, 0.4) is 0 Å². The SMILES string of the molecule is CCOc1cc(C=C2N=C(c3cccc([N+](=O)[O-])c3)OC2=O)cc(Cl)c1OC(C)=O. The number of halogens is 1. The van der Waals surface area contributed by atoms with E-state index in [2.05, 4.69) is 4.99 Å². The van der Waals surface area contributed by atoms with Crippen molar-refractivity contribution < 1.29 is 28.7 Å². The van der Waals surface area contributed by atoms with Crippen molar-refractivity contribution in [3.8, 4) is 11.5 Å². The number of aliphatic imine (C=N–C) groups is 1. The van der Waals surface area contributed by atoms with E-state index in [4.69, 9.17) is 25.8 Å². The van der Waals surface area contributed by atoms with E-state index < -0.39 is 16.9 Å². The van der Waals surface area contributed by atoms with Crippen molar-refractivity contribution in [2.24, 2.45) is 4.99 Å². The molecule has 0 fully saturated rings. The number of ether oxygens (including phenoxy) is 3. The van der Waals surface area contributed by atoms with E-state index in [1.54, 1.807) is 13.0 Å². The Hall–Kier alpha value is -3.72.